The number of hydrogen-bond donors (Lipinski definition) is 2. The highest BCUT2D eigenvalue weighted by atomic mass is 79.9. The summed E-state index contributed by atoms with van der Waals surface area (Å²) in [5.41, 5.74) is 12.0. The largest absolute Gasteiger partial charge is 0.461 e. The Morgan fingerprint density at radius 3 is 2.12 bits per heavy atom. The molecule has 0 saturated heterocycles. The molecule has 0 aliphatic heterocycles. The maximum absolute atomic E-state index is 11.2. The van der Waals surface area contributed by atoms with Crippen LogP contribution >= 0.6 is 15.9 Å². The molecule has 0 bridgehead atoms. The Bertz CT molecular complexity index is 740. The molecule has 2 aromatic heterocycles. The van der Waals surface area contributed by atoms with Crippen molar-refractivity contribution < 1.29 is 19.1 Å². The highest BCUT2D eigenvalue weighted by Crippen LogP contribution is 2.14. The van der Waals surface area contributed by atoms with Gasteiger partial charge < -0.3 is 20.9 Å². The molecule has 4 N–H and O–H groups in total. The lowest BCUT2D eigenvalue weighted by Gasteiger charge is -2.03. The monoisotopic (exact) mass is 410 g/mol. The summed E-state index contributed by atoms with van der Waals surface area (Å²) in [6, 6.07) is 6.54. The number of carbonyl (C=O) groups excluding carboxylic acids is 2. The van der Waals surface area contributed by atoms with E-state index < -0.39 is 11.9 Å². The van der Waals surface area contributed by atoms with Gasteiger partial charge in [-0.25, -0.2) is 19.6 Å². The first kappa shape index (κ1) is 20.4. The Morgan fingerprint density at radius 2 is 1.56 bits per heavy atom. The number of esters is 2. The highest BCUT2D eigenvalue weighted by molar-refractivity contribution is 9.10. The van der Waals surface area contributed by atoms with Gasteiger partial charge >= 0.3 is 11.9 Å². The van der Waals surface area contributed by atoms with E-state index >= 15 is 0 Å². The number of pyridine rings is 2. The second-order valence-corrected chi connectivity index (χ2v) is 5.27. The summed E-state index contributed by atoms with van der Waals surface area (Å²) in [5, 5.41) is 0. The maximum atomic E-state index is 11.2. The molecule has 0 saturated carbocycles. The molecule has 0 fully saturated rings. The van der Waals surface area contributed by atoms with Crippen molar-refractivity contribution in [2.45, 2.75) is 13.8 Å². The van der Waals surface area contributed by atoms with Crippen LogP contribution in [0.1, 0.15) is 34.8 Å². The first-order chi connectivity index (χ1) is 11.9. The van der Waals surface area contributed by atoms with Crippen LogP contribution in [0.3, 0.4) is 0 Å². The number of nitrogen functional groups attached to an aromatic ring is 2. The van der Waals surface area contributed by atoms with Crippen molar-refractivity contribution in [2.75, 3.05) is 24.7 Å². The van der Waals surface area contributed by atoms with Gasteiger partial charge in [0.15, 0.2) is 11.4 Å². The van der Waals surface area contributed by atoms with Gasteiger partial charge in [0.1, 0.15) is 4.60 Å². The third kappa shape index (κ3) is 6.38. The topological polar surface area (TPSA) is 130 Å². The Labute approximate surface area is 153 Å². The van der Waals surface area contributed by atoms with E-state index in [1.807, 2.05) is 0 Å². The van der Waals surface area contributed by atoms with E-state index in [4.69, 9.17) is 20.9 Å². The number of hydrogen-bond acceptors (Lipinski definition) is 8. The van der Waals surface area contributed by atoms with Crippen LogP contribution in [0.5, 0.6) is 0 Å². The second-order valence-electron chi connectivity index (χ2n) is 4.45. The normalized spacial score (nSPS) is 9.56. The van der Waals surface area contributed by atoms with E-state index in [1.165, 1.54) is 6.20 Å². The average molecular weight is 411 g/mol. The first-order valence-electron chi connectivity index (χ1n) is 7.37. The van der Waals surface area contributed by atoms with Crippen molar-refractivity contribution in [3.63, 3.8) is 0 Å². The summed E-state index contributed by atoms with van der Waals surface area (Å²) >= 11 is 3.14. The summed E-state index contributed by atoms with van der Waals surface area (Å²) in [6.07, 6.45) is 1.50. The predicted octanol–water partition coefficient (Wildman–Crippen LogP) is 2.44. The molecule has 8 nitrogen and oxygen atoms in total. The molecule has 0 aliphatic carbocycles. The van der Waals surface area contributed by atoms with E-state index in [1.54, 1.807) is 38.1 Å². The van der Waals surface area contributed by atoms with Crippen molar-refractivity contribution in [1.29, 1.82) is 0 Å². The summed E-state index contributed by atoms with van der Waals surface area (Å²) in [6.45, 7) is 4.10. The lowest BCUT2D eigenvalue weighted by Crippen LogP contribution is -2.10. The number of halogens is 1. The number of anilines is 2. The van der Waals surface area contributed by atoms with Gasteiger partial charge in [-0.05, 0) is 54.0 Å². The highest BCUT2D eigenvalue weighted by Gasteiger charge is 2.12. The molecular formula is C16H19BrN4O4. The molecule has 134 valence electrons. The van der Waals surface area contributed by atoms with Crippen LogP contribution in [0, 0.1) is 0 Å². The lowest BCUT2D eigenvalue weighted by atomic mass is 10.3. The number of carbonyl (C=O) groups is 2. The maximum Gasteiger partial charge on any atom is 0.359 e. The van der Waals surface area contributed by atoms with Crippen LogP contribution in [0.25, 0.3) is 0 Å². The molecule has 0 unspecified atom stereocenters. The number of nitrogens with zero attached hydrogens (tertiary/aromatic N) is 2. The van der Waals surface area contributed by atoms with Gasteiger partial charge in [0.25, 0.3) is 0 Å². The Hall–Kier alpha value is -2.68. The number of nitrogens with two attached hydrogens (primary N) is 2. The smallest absolute Gasteiger partial charge is 0.359 e. The van der Waals surface area contributed by atoms with Crippen molar-refractivity contribution in [2.24, 2.45) is 0 Å². The molecule has 0 aromatic carbocycles. The Kier molecular flexibility index (Phi) is 8.34. The number of aromatic nitrogens is 2. The fourth-order valence-corrected chi connectivity index (χ4v) is 1.91. The van der Waals surface area contributed by atoms with Crippen LogP contribution in [-0.4, -0.2) is 35.1 Å². The van der Waals surface area contributed by atoms with Crippen molar-refractivity contribution in [3.8, 4) is 0 Å². The molecule has 0 radical (unpaired) electrons. The number of rotatable bonds is 4. The molecule has 9 heteroatoms. The zero-order valence-corrected chi connectivity index (χ0v) is 15.4. The minimum absolute atomic E-state index is 0.149. The van der Waals surface area contributed by atoms with Crippen LogP contribution in [0.4, 0.5) is 11.4 Å². The average Bonchev–Trinajstić information content (AvgIpc) is 2.58. The Morgan fingerprint density at radius 1 is 1.00 bits per heavy atom. The van der Waals surface area contributed by atoms with Crippen LogP contribution in [0.15, 0.2) is 35.1 Å². The SMILES string of the molecule is CCOC(=O)c1nc(Br)ccc1N.CCOC(=O)c1ncccc1N. The molecule has 0 amide bonds. The van der Waals surface area contributed by atoms with E-state index in [0.717, 1.165) is 0 Å². The van der Waals surface area contributed by atoms with Gasteiger partial charge in [-0.3, -0.25) is 0 Å². The molecule has 0 spiro atoms. The van der Waals surface area contributed by atoms with Crippen LogP contribution in [0.2, 0.25) is 0 Å². The minimum atomic E-state index is -0.499. The van der Waals surface area contributed by atoms with E-state index in [2.05, 4.69) is 25.9 Å². The molecule has 2 heterocycles. The lowest BCUT2D eigenvalue weighted by molar-refractivity contribution is 0.0511. The fraction of sp³-hybridized carbons (Fsp3) is 0.250. The molecular weight excluding hydrogens is 392 g/mol. The van der Waals surface area contributed by atoms with E-state index in [9.17, 15) is 9.59 Å². The zero-order valence-electron chi connectivity index (χ0n) is 13.9. The fourth-order valence-electron chi connectivity index (χ4n) is 1.60. The summed E-state index contributed by atoms with van der Waals surface area (Å²) in [7, 11) is 0. The third-order valence-electron chi connectivity index (χ3n) is 2.67. The van der Waals surface area contributed by atoms with Gasteiger partial charge in [-0.2, -0.15) is 0 Å². The van der Waals surface area contributed by atoms with Gasteiger partial charge in [0, 0.05) is 6.20 Å². The van der Waals surface area contributed by atoms with Crippen LogP contribution < -0.4 is 11.5 Å². The summed E-state index contributed by atoms with van der Waals surface area (Å²) in [4.78, 5) is 30.0. The van der Waals surface area contributed by atoms with Crippen LogP contribution in [-0.2, 0) is 9.47 Å². The molecule has 0 aliphatic rings. The van der Waals surface area contributed by atoms with Gasteiger partial charge in [-0.15, -0.1) is 0 Å². The number of ether oxygens (including phenoxy) is 2. The minimum Gasteiger partial charge on any atom is -0.461 e. The standard InChI is InChI=1S/C8H9BrN2O2.C8H10N2O2/c1-2-13-8(12)7-5(10)3-4-6(9)11-7;1-2-12-8(11)7-6(9)4-3-5-10-7/h3-4H,2,10H2,1H3;3-5H,2,9H2,1H3. The first-order valence-corrected chi connectivity index (χ1v) is 8.16. The van der Waals surface area contributed by atoms with Gasteiger partial charge in [-0.1, -0.05) is 0 Å². The molecule has 2 aromatic rings. The van der Waals surface area contributed by atoms with Gasteiger partial charge in [0.05, 0.1) is 24.6 Å². The van der Waals surface area contributed by atoms with Crippen molar-refractivity contribution in [3.05, 3.63) is 46.5 Å². The van der Waals surface area contributed by atoms with Crippen molar-refractivity contribution >= 4 is 39.2 Å². The zero-order chi connectivity index (χ0) is 18.8. The predicted molar refractivity (Wildman–Crippen MR) is 96.9 cm³/mol. The van der Waals surface area contributed by atoms with Crippen molar-refractivity contribution in [1.82, 2.24) is 9.97 Å². The molecule has 25 heavy (non-hydrogen) atoms. The van der Waals surface area contributed by atoms with Gasteiger partial charge in [0.2, 0.25) is 0 Å². The molecule has 0 atom stereocenters. The van der Waals surface area contributed by atoms with E-state index in [-0.39, 0.29) is 11.4 Å². The summed E-state index contributed by atoms with van der Waals surface area (Å²) in [5.74, 6) is -0.975. The molecule has 2 rings (SSSR count). The third-order valence-corrected chi connectivity index (χ3v) is 3.11. The quantitative estimate of drug-likeness (QED) is 0.580. The second kappa shape index (κ2) is 10.2. The van der Waals surface area contributed by atoms with E-state index in [0.29, 0.717) is 29.2 Å². The summed E-state index contributed by atoms with van der Waals surface area (Å²) < 4.78 is 10.0. The Balaban J connectivity index is 0.000000251.